The summed E-state index contributed by atoms with van der Waals surface area (Å²) in [6.07, 6.45) is 1.33. The van der Waals surface area contributed by atoms with Crippen molar-refractivity contribution in [1.82, 2.24) is 15.0 Å². The standard InChI is InChI=1S/C16H12F3N3O5S/c17-15-5-11(22-7-10(8-23)20-21-22)6-16(18)14(15)9-26-12-1-3-13(4-2-12)27-28(19,24)25/h1-7,23H,8-9H2. The molecule has 0 atom stereocenters. The van der Waals surface area contributed by atoms with E-state index in [1.807, 2.05) is 0 Å². The van der Waals surface area contributed by atoms with Crippen LogP contribution in [0.25, 0.3) is 5.69 Å². The maximum absolute atomic E-state index is 14.3. The highest BCUT2D eigenvalue weighted by Gasteiger charge is 2.15. The minimum atomic E-state index is -5.15. The average molecular weight is 415 g/mol. The van der Waals surface area contributed by atoms with Crippen molar-refractivity contribution < 1.29 is 35.1 Å². The van der Waals surface area contributed by atoms with Crippen LogP contribution >= 0.6 is 0 Å². The van der Waals surface area contributed by atoms with Crippen molar-refractivity contribution >= 4 is 10.5 Å². The van der Waals surface area contributed by atoms with E-state index in [-0.39, 0.29) is 35.1 Å². The van der Waals surface area contributed by atoms with E-state index in [1.54, 1.807) is 0 Å². The Bertz CT molecular complexity index is 1060. The Morgan fingerprint density at radius 1 is 1.07 bits per heavy atom. The highest BCUT2D eigenvalue weighted by atomic mass is 32.3. The fraction of sp³-hybridized carbons (Fsp3) is 0.125. The predicted molar refractivity (Wildman–Crippen MR) is 88.6 cm³/mol. The molecule has 148 valence electrons. The van der Waals surface area contributed by atoms with E-state index in [9.17, 15) is 21.1 Å². The third kappa shape index (κ3) is 4.78. The largest absolute Gasteiger partial charge is 0.489 e. The molecule has 0 fully saturated rings. The zero-order valence-corrected chi connectivity index (χ0v) is 14.7. The van der Waals surface area contributed by atoms with Gasteiger partial charge in [0.1, 0.15) is 35.4 Å². The van der Waals surface area contributed by atoms with Gasteiger partial charge in [0.25, 0.3) is 0 Å². The van der Waals surface area contributed by atoms with Gasteiger partial charge in [0.05, 0.1) is 24.1 Å². The van der Waals surface area contributed by atoms with Crippen molar-refractivity contribution in [2.75, 3.05) is 0 Å². The van der Waals surface area contributed by atoms with Crippen molar-refractivity contribution in [2.24, 2.45) is 0 Å². The Kier molecular flexibility index (Phi) is 5.51. The molecule has 0 saturated carbocycles. The molecule has 8 nitrogen and oxygen atoms in total. The Morgan fingerprint density at radius 2 is 1.68 bits per heavy atom. The second kappa shape index (κ2) is 7.86. The van der Waals surface area contributed by atoms with E-state index >= 15 is 0 Å². The van der Waals surface area contributed by atoms with Gasteiger partial charge in [0.2, 0.25) is 0 Å². The molecule has 0 bridgehead atoms. The molecule has 0 unspecified atom stereocenters. The highest BCUT2D eigenvalue weighted by Crippen LogP contribution is 2.23. The Labute approximate surface area is 157 Å². The molecule has 2 aromatic carbocycles. The van der Waals surface area contributed by atoms with Gasteiger partial charge in [-0.3, -0.25) is 0 Å². The monoisotopic (exact) mass is 415 g/mol. The van der Waals surface area contributed by atoms with Gasteiger partial charge in [0.15, 0.2) is 0 Å². The van der Waals surface area contributed by atoms with E-state index in [4.69, 9.17) is 9.84 Å². The Morgan fingerprint density at radius 3 is 2.21 bits per heavy atom. The first kappa shape index (κ1) is 19.6. The van der Waals surface area contributed by atoms with Gasteiger partial charge in [-0.15, -0.1) is 5.10 Å². The average Bonchev–Trinajstić information content (AvgIpc) is 3.10. The van der Waals surface area contributed by atoms with Crippen LogP contribution in [0.4, 0.5) is 12.7 Å². The van der Waals surface area contributed by atoms with Crippen molar-refractivity contribution in [3.05, 3.63) is 65.5 Å². The van der Waals surface area contributed by atoms with Crippen molar-refractivity contribution in [1.29, 1.82) is 0 Å². The van der Waals surface area contributed by atoms with Crippen LogP contribution in [-0.4, -0.2) is 28.5 Å². The molecule has 12 heteroatoms. The molecule has 1 aromatic heterocycles. The normalized spacial score (nSPS) is 11.4. The lowest BCUT2D eigenvalue weighted by atomic mass is 10.2. The Hall–Kier alpha value is -3.12. The summed E-state index contributed by atoms with van der Waals surface area (Å²) in [4.78, 5) is 0. The number of rotatable bonds is 7. The topological polar surface area (TPSA) is 104 Å². The van der Waals surface area contributed by atoms with Gasteiger partial charge in [0, 0.05) is 12.1 Å². The zero-order chi connectivity index (χ0) is 20.3. The van der Waals surface area contributed by atoms with E-state index in [2.05, 4.69) is 14.5 Å². The van der Waals surface area contributed by atoms with Crippen LogP contribution in [0.15, 0.2) is 42.6 Å². The summed E-state index contributed by atoms with van der Waals surface area (Å²) in [5.41, 5.74) is -0.0426. The summed E-state index contributed by atoms with van der Waals surface area (Å²) in [6, 6.07) is 6.78. The molecule has 28 heavy (non-hydrogen) atoms. The van der Waals surface area contributed by atoms with Gasteiger partial charge >= 0.3 is 10.5 Å². The SMILES string of the molecule is O=S(=O)(F)Oc1ccc(OCc2c(F)cc(-n3cc(CO)nn3)cc2F)cc1. The molecule has 0 saturated heterocycles. The van der Waals surface area contributed by atoms with E-state index < -0.39 is 28.7 Å². The molecule has 0 radical (unpaired) electrons. The minimum Gasteiger partial charge on any atom is -0.489 e. The number of nitrogens with zero attached hydrogens (tertiary/aromatic N) is 3. The van der Waals surface area contributed by atoms with Gasteiger partial charge in [-0.05, 0) is 24.3 Å². The molecular formula is C16H12F3N3O5S. The smallest absolute Gasteiger partial charge is 0.488 e. The first-order valence-electron chi connectivity index (χ1n) is 7.62. The molecule has 1 heterocycles. The van der Waals surface area contributed by atoms with E-state index in [1.165, 1.54) is 18.3 Å². The summed E-state index contributed by atoms with van der Waals surface area (Å²) >= 11 is 0. The molecule has 0 aliphatic heterocycles. The number of hydrogen-bond acceptors (Lipinski definition) is 7. The summed E-state index contributed by atoms with van der Waals surface area (Å²) in [6.45, 7) is -0.823. The second-order valence-corrected chi connectivity index (χ2v) is 6.39. The van der Waals surface area contributed by atoms with Crippen LogP contribution in [-0.2, 0) is 23.7 Å². The molecule has 0 aliphatic rings. The number of hydrogen-bond donors (Lipinski definition) is 1. The molecule has 0 aliphatic carbocycles. The van der Waals surface area contributed by atoms with Gasteiger partial charge in [-0.25, -0.2) is 13.5 Å². The number of benzene rings is 2. The fourth-order valence-electron chi connectivity index (χ4n) is 2.22. The van der Waals surface area contributed by atoms with Crippen molar-refractivity contribution in [2.45, 2.75) is 13.2 Å². The van der Waals surface area contributed by atoms with E-state index in [0.717, 1.165) is 28.9 Å². The lowest BCUT2D eigenvalue weighted by Crippen LogP contribution is -2.05. The summed E-state index contributed by atoms with van der Waals surface area (Å²) in [5.74, 6) is -1.92. The molecule has 0 amide bonds. The number of aromatic nitrogens is 3. The van der Waals surface area contributed by atoms with Gasteiger partial charge in [-0.1, -0.05) is 9.10 Å². The molecule has 3 aromatic rings. The maximum atomic E-state index is 14.3. The third-order valence-corrected chi connectivity index (χ3v) is 3.89. The van der Waals surface area contributed by atoms with Gasteiger partial charge in [-0.2, -0.15) is 8.42 Å². The number of aliphatic hydroxyl groups excluding tert-OH is 1. The van der Waals surface area contributed by atoms with Gasteiger partial charge < -0.3 is 14.0 Å². The van der Waals surface area contributed by atoms with Crippen LogP contribution in [0.5, 0.6) is 11.5 Å². The summed E-state index contributed by atoms with van der Waals surface area (Å²) in [7, 11) is -5.15. The van der Waals surface area contributed by atoms with Crippen LogP contribution in [0, 0.1) is 11.6 Å². The minimum absolute atomic E-state index is 0.0693. The number of halogens is 3. The summed E-state index contributed by atoms with van der Waals surface area (Å²) < 4.78 is 72.2. The first-order chi connectivity index (χ1) is 13.2. The van der Waals surface area contributed by atoms with Crippen LogP contribution in [0.1, 0.15) is 11.3 Å². The zero-order valence-electron chi connectivity index (χ0n) is 13.9. The predicted octanol–water partition coefficient (Wildman–Crippen LogP) is 2.21. The van der Waals surface area contributed by atoms with Crippen LogP contribution in [0.2, 0.25) is 0 Å². The molecule has 1 N–H and O–H groups in total. The maximum Gasteiger partial charge on any atom is 0.488 e. The lowest BCUT2D eigenvalue weighted by Gasteiger charge is -2.10. The second-order valence-electron chi connectivity index (χ2n) is 5.44. The van der Waals surface area contributed by atoms with Crippen molar-refractivity contribution in [3.63, 3.8) is 0 Å². The Balaban J connectivity index is 1.72. The number of ether oxygens (including phenoxy) is 1. The summed E-state index contributed by atoms with van der Waals surface area (Å²) in [5, 5.41) is 16.2. The fourth-order valence-corrected chi connectivity index (χ4v) is 2.56. The van der Waals surface area contributed by atoms with Crippen LogP contribution < -0.4 is 8.92 Å². The van der Waals surface area contributed by atoms with Crippen LogP contribution in [0.3, 0.4) is 0 Å². The number of aliphatic hydroxyl groups is 1. The van der Waals surface area contributed by atoms with E-state index in [0.29, 0.717) is 0 Å². The molecular weight excluding hydrogens is 403 g/mol. The quantitative estimate of drug-likeness (QED) is 0.590. The van der Waals surface area contributed by atoms with Crippen molar-refractivity contribution in [3.8, 4) is 17.2 Å². The molecule has 3 rings (SSSR count). The molecule has 0 spiro atoms. The third-order valence-electron chi connectivity index (χ3n) is 3.50. The lowest BCUT2D eigenvalue weighted by molar-refractivity contribution is 0.276. The first-order valence-corrected chi connectivity index (χ1v) is 8.93. The highest BCUT2D eigenvalue weighted by molar-refractivity contribution is 7.81.